The van der Waals surface area contributed by atoms with Crippen LogP contribution in [0.25, 0.3) is 0 Å². The molecule has 1 aliphatic carbocycles. The molecule has 13 atom stereocenters. The molecule has 0 aromatic heterocycles. The Morgan fingerprint density at radius 3 is 1.97 bits per heavy atom. The standard InChI is InChI=1S/C49H80O19P2/c1-3-5-7-8-9-10-11-12-13-14-15-16-17-18-19-20-21-22-24-30-43(54)66-37-34-64-42(53)29-26-25-28-38-40(51)33-41(52)39(32-31-36(50)27-23-6-4-2)45(56)48(67-69(59,60)61)49(47(58)46(57)44(38)55)68-70(62,63)65-35-37/h9-10,12-13,15-16,18-19,21-22,25-26,31-32,36-41,44-52,55-58H,3-8,11,14,17,20,23-24,27-30,33-35H2,1-2H3,(H,62,63)(H2,59,60,61)/b10-9-,13-12-,16-15-,19-18-,22-21-,26-25-,32-31+/t36-,37-,38-,39+,40+,41-,44-,45-,46+,47-,48-,49+/m1/s1. The molecule has 0 aromatic carbocycles. The minimum atomic E-state index is -5.77. The molecule has 19 nitrogen and oxygen atoms in total. The van der Waals surface area contributed by atoms with Gasteiger partial charge in [-0.05, 0) is 57.8 Å². The summed E-state index contributed by atoms with van der Waals surface area (Å²) in [4.78, 5) is 56.6. The fraction of sp³-hybridized carbons (Fsp3) is 0.673. The fourth-order valence-electron chi connectivity index (χ4n) is 7.62. The molecule has 0 aromatic rings. The molecule has 1 unspecified atom stereocenters. The lowest BCUT2D eigenvalue weighted by molar-refractivity contribution is -0.165. The van der Waals surface area contributed by atoms with E-state index >= 15 is 0 Å². The van der Waals surface area contributed by atoms with Crippen molar-refractivity contribution in [2.24, 2.45) is 11.8 Å². The summed E-state index contributed by atoms with van der Waals surface area (Å²) in [6, 6.07) is 0. The third-order valence-electron chi connectivity index (χ3n) is 11.5. The predicted molar refractivity (Wildman–Crippen MR) is 261 cm³/mol. The number of phosphoric acid groups is 2. The van der Waals surface area contributed by atoms with Gasteiger partial charge in [0.25, 0.3) is 0 Å². The molecule has 1 saturated carbocycles. The normalized spacial score (nSPS) is 31.5. The smallest absolute Gasteiger partial charge is 0.461 e. The molecule has 10 N–H and O–H groups in total. The van der Waals surface area contributed by atoms with Crippen molar-refractivity contribution < 1.29 is 92.2 Å². The number of ether oxygens (including phenoxy) is 2. The topological polar surface area (TPSA) is 317 Å². The Bertz CT molecular complexity index is 1790. The lowest BCUT2D eigenvalue weighted by atomic mass is 9.83. The van der Waals surface area contributed by atoms with Gasteiger partial charge in [-0.25, -0.2) is 9.13 Å². The van der Waals surface area contributed by atoms with E-state index in [2.05, 4.69) is 43.4 Å². The second-order valence-electron chi connectivity index (χ2n) is 17.5. The molecule has 21 heteroatoms. The van der Waals surface area contributed by atoms with Crippen LogP contribution >= 0.6 is 15.6 Å². The Morgan fingerprint density at radius 1 is 0.786 bits per heavy atom. The van der Waals surface area contributed by atoms with Gasteiger partial charge < -0.3 is 59.9 Å². The first-order valence-corrected chi connectivity index (χ1v) is 27.4. The first kappa shape index (κ1) is 63.2. The number of allylic oxidation sites excluding steroid dienone is 11. The van der Waals surface area contributed by atoms with Crippen LogP contribution in [0.2, 0.25) is 0 Å². The summed E-state index contributed by atoms with van der Waals surface area (Å²) in [5.74, 6) is -4.88. The highest BCUT2D eigenvalue weighted by molar-refractivity contribution is 7.47. The highest BCUT2D eigenvalue weighted by Gasteiger charge is 2.51. The average molecular weight is 1040 g/mol. The van der Waals surface area contributed by atoms with Crippen LogP contribution in [-0.4, -0.2) is 137 Å². The van der Waals surface area contributed by atoms with Crippen molar-refractivity contribution in [1.82, 2.24) is 0 Å². The Labute approximate surface area is 412 Å². The predicted octanol–water partition coefficient (Wildman–Crippen LogP) is 5.77. The molecular weight excluding hydrogens is 954 g/mol. The third-order valence-corrected chi connectivity index (χ3v) is 13.1. The van der Waals surface area contributed by atoms with Crippen molar-refractivity contribution in [2.75, 3.05) is 13.2 Å². The summed E-state index contributed by atoms with van der Waals surface area (Å²) in [5.41, 5.74) is 0. The first-order valence-electron chi connectivity index (χ1n) is 24.4. The van der Waals surface area contributed by atoms with Gasteiger partial charge in [-0.1, -0.05) is 131 Å². The molecule has 0 radical (unpaired) electrons. The van der Waals surface area contributed by atoms with E-state index in [1.807, 2.05) is 25.2 Å². The van der Waals surface area contributed by atoms with Crippen molar-refractivity contribution in [3.63, 3.8) is 0 Å². The van der Waals surface area contributed by atoms with Crippen LogP contribution in [-0.2, 0) is 41.8 Å². The Kier molecular flexibility index (Phi) is 31.8. The van der Waals surface area contributed by atoms with Gasteiger partial charge in [0.15, 0.2) is 6.10 Å². The molecule has 400 valence electrons. The second-order valence-corrected chi connectivity index (χ2v) is 20.1. The third kappa shape index (κ3) is 26.7. The number of aliphatic hydroxyl groups excluding tert-OH is 7. The van der Waals surface area contributed by atoms with Gasteiger partial charge >= 0.3 is 27.6 Å². The number of unbranched alkanes of at least 4 members (excludes halogenated alkanes) is 5. The maximum absolute atomic E-state index is 13.7. The summed E-state index contributed by atoms with van der Waals surface area (Å²) >= 11 is 0. The van der Waals surface area contributed by atoms with Gasteiger partial charge in [-0.2, -0.15) is 0 Å². The number of hydrogen-bond acceptors (Lipinski definition) is 16. The molecule has 0 spiro atoms. The van der Waals surface area contributed by atoms with Crippen LogP contribution in [0, 0.1) is 11.8 Å². The molecule has 2 bridgehead atoms. The molecule has 1 aliphatic heterocycles. The quantitative estimate of drug-likeness (QED) is 0.0237. The maximum atomic E-state index is 13.7. The van der Waals surface area contributed by atoms with Gasteiger partial charge in [0, 0.05) is 24.7 Å². The van der Waals surface area contributed by atoms with E-state index in [-0.39, 0.29) is 25.7 Å². The van der Waals surface area contributed by atoms with E-state index < -0.39 is 127 Å². The largest absolute Gasteiger partial charge is 0.472 e. The zero-order valence-electron chi connectivity index (χ0n) is 40.5. The fourth-order valence-corrected chi connectivity index (χ4v) is 9.15. The van der Waals surface area contributed by atoms with E-state index in [1.54, 1.807) is 6.08 Å². The van der Waals surface area contributed by atoms with Crippen molar-refractivity contribution in [3.05, 3.63) is 85.1 Å². The van der Waals surface area contributed by atoms with E-state index in [4.69, 9.17) is 23.0 Å². The molecule has 70 heavy (non-hydrogen) atoms. The average Bonchev–Trinajstić information content (AvgIpc) is 3.30. The van der Waals surface area contributed by atoms with Gasteiger partial charge in [0.05, 0.1) is 43.5 Å². The minimum Gasteiger partial charge on any atom is -0.461 e. The summed E-state index contributed by atoms with van der Waals surface area (Å²) in [5, 5.41) is 79.4. The second kappa shape index (κ2) is 35.3. The van der Waals surface area contributed by atoms with Gasteiger partial charge in [-0.3, -0.25) is 23.2 Å². The van der Waals surface area contributed by atoms with E-state index in [9.17, 15) is 69.1 Å². The van der Waals surface area contributed by atoms with Gasteiger partial charge in [0.2, 0.25) is 0 Å². The minimum absolute atomic E-state index is 0.163. The zero-order valence-corrected chi connectivity index (χ0v) is 42.3. The van der Waals surface area contributed by atoms with Crippen molar-refractivity contribution in [3.8, 4) is 0 Å². The molecule has 0 saturated heterocycles. The SMILES string of the molecule is CCCCC/C=C\C/C=C\C/C=C\C/C=C\C/C=C\CCC(=O)O[C@@H]1COC(=O)C/C=C\C[C@H]2[C@@H](O)[C@H](O)[C@@H](O)[C@H](OP(=O)(O)OC1)[C@H](OP(=O)(O)O)[C@H](O)[C@@H](/C=C/[C@H](O)CCCCC)[C@H](O)C[C@@H]2O. The number of phosphoric ester groups is 2. The first-order chi connectivity index (χ1) is 33.3. The number of esters is 2. The van der Waals surface area contributed by atoms with Gasteiger partial charge in [0.1, 0.15) is 31.0 Å². The number of carbonyl (C=O) groups excluding carboxylic acids is 2. The maximum Gasteiger partial charge on any atom is 0.472 e. The summed E-state index contributed by atoms with van der Waals surface area (Å²) in [6.07, 6.45) is 13.0. The van der Waals surface area contributed by atoms with Crippen LogP contribution in [0.15, 0.2) is 85.1 Å². The van der Waals surface area contributed by atoms with E-state index in [0.29, 0.717) is 12.8 Å². The van der Waals surface area contributed by atoms with Crippen LogP contribution in [0.5, 0.6) is 0 Å². The Morgan fingerprint density at radius 2 is 1.37 bits per heavy atom. The van der Waals surface area contributed by atoms with E-state index in [1.165, 1.54) is 37.5 Å². The number of fused-ring (bicyclic) bond motifs is 4. The molecule has 2 aliphatic rings. The monoisotopic (exact) mass is 1030 g/mol. The number of rotatable bonds is 24. The highest BCUT2D eigenvalue weighted by atomic mass is 31.2. The summed E-state index contributed by atoms with van der Waals surface area (Å²) in [7, 11) is -11.5. The van der Waals surface area contributed by atoms with Crippen molar-refractivity contribution in [1.29, 1.82) is 0 Å². The number of aliphatic hydroxyl groups is 7. The molecule has 1 fully saturated rings. The summed E-state index contributed by atoms with van der Waals surface area (Å²) < 4.78 is 51.8. The summed E-state index contributed by atoms with van der Waals surface area (Å²) in [6.45, 7) is 2.43. The molecule has 1 heterocycles. The van der Waals surface area contributed by atoms with E-state index in [0.717, 1.165) is 44.6 Å². The molecule has 2 rings (SSSR count). The Hall–Kier alpha value is -2.94. The zero-order chi connectivity index (χ0) is 52.0. The van der Waals surface area contributed by atoms with Crippen molar-refractivity contribution in [2.45, 2.75) is 184 Å². The molecular formula is C49H80O19P2. The van der Waals surface area contributed by atoms with Gasteiger partial charge in [-0.15, -0.1) is 0 Å². The lowest BCUT2D eigenvalue weighted by Gasteiger charge is -2.38. The molecule has 0 amide bonds. The van der Waals surface area contributed by atoms with Crippen LogP contribution < -0.4 is 0 Å². The highest BCUT2D eigenvalue weighted by Crippen LogP contribution is 2.49. The number of hydrogen-bond donors (Lipinski definition) is 10. The van der Waals surface area contributed by atoms with Crippen LogP contribution in [0.4, 0.5) is 0 Å². The number of cyclic esters (lactones) is 1. The van der Waals surface area contributed by atoms with Crippen LogP contribution in [0.3, 0.4) is 0 Å². The van der Waals surface area contributed by atoms with Crippen molar-refractivity contribution >= 4 is 27.6 Å². The number of carbonyl (C=O) groups is 2. The van der Waals surface area contributed by atoms with Crippen LogP contribution in [0.1, 0.15) is 123 Å². The lowest BCUT2D eigenvalue weighted by Crippen LogP contribution is -2.56. The Balaban J connectivity index is 2.28.